The largest absolute Gasteiger partial charge is 0.324 e. The van der Waals surface area contributed by atoms with Crippen LogP contribution >= 0.6 is 0 Å². The van der Waals surface area contributed by atoms with Gasteiger partial charge in [-0.2, -0.15) is 0 Å². The van der Waals surface area contributed by atoms with Gasteiger partial charge in [0.2, 0.25) is 5.91 Å². The van der Waals surface area contributed by atoms with Gasteiger partial charge in [-0.05, 0) is 28.6 Å². The third-order valence-electron chi connectivity index (χ3n) is 1.81. The third kappa shape index (κ3) is 2.59. The van der Waals surface area contributed by atoms with Crippen LogP contribution in [0.25, 0.3) is 0 Å². The minimum absolute atomic E-state index is 0.0104. The molecule has 0 aliphatic rings. The highest BCUT2D eigenvalue weighted by Gasteiger charge is 2.04. The molecule has 1 heterocycles. The number of aromatic nitrogens is 4. The summed E-state index contributed by atoms with van der Waals surface area (Å²) in [6.45, 7) is -0.0104. The maximum Gasteiger partial charge on any atom is 0.246 e. The molecule has 0 atom stereocenters. The van der Waals surface area contributed by atoms with Gasteiger partial charge < -0.3 is 5.32 Å². The molecule has 1 N–H and O–H groups in total. The minimum Gasteiger partial charge on any atom is -0.324 e. The summed E-state index contributed by atoms with van der Waals surface area (Å²) in [6, 6.07) is 5.65. The second-order valence-electron chi connectivity index (χ2n) is 3.07. The lowest BCUT2D eigenvalue weighted by atomic mass is 10.3. The molecule has 16 heavy (non-hydrogen) atoms. The van der Waals surface area contributed by atoms with E-state index < -0.39 is 5.82 Å². The van der Waals surface area contributed by atoms with E-state index in [9.17, 15) is 9.18 Å². The van der Waals surface area contributed by atoms with Crippen molar-refractivity contribution in [1.82, 2.24) is 20.2 Å². The number of hydrogen-bond donors (Lipinski definition) is 1. The number of anilines is 1. The lowest BCUT2D eigenvalue weighted by Gasteiger charge is -2.04. The molecule has 0 bridgehead atoms. The van der Waals surface area contributed by atoms with Crippen LogP contribution in [0.2, 0.25) is 0 Å². The molecule has 0 radical (unpaired) electrons. The van der Waals surface area contributed by atoms with Crippen molar-refractivity contribution in [3.8, 4) is 0 Å². The Morgan fingerprint density at radius 2 is 2.38 bits per heavy atom. The van der Waals surface area contributed by atoms with Gasteiger partial charge in [0.1, 0.15) is 18.7 Å². The summed E-state index contributed by atoms with van der Waals surface area (Å²) in [4.78, 5) is 11.4. The Bertz CT molecular complexity index is 484. The van der Waals surface area contributed by atoms with E-state index >= 15 is 0 Å². The van der Waals surface area contributed by atoms with E-state index in [1.165, 1.54) is 29.2 Å². The molecule has 0 spiro atoms. The zero-order chi connectivity index (χ0) is 11.4. The van der Waals surface area contributed by atoms with Crippen LogP contribution in [0.15, 0.2) is 30.6 Å². The molecule has 0 unspecified atom stereocenters. The number of rotatable bonds is 3. The average Bonchev–Trinajstić information content (AvgIpc) is 2.70. The van der Waals surface area contributed by atoms with E-state index in [0.29, 0.717) is 5.69 Å². The summed E-state index contributed by atoms with van der Waals surface area (Å²) in [5.74, 6) is -0.724. The number of tetrazole rings is 1. The molecule has 0 aliphatic carbocycles. The van der Waals surface area contributed by atoms with Crippen molar-refractivity contribution in [3.63, 3.8) is 0 Å². The van der Waals surface area contributed by atoms with Crippen molar-refractivity contribution < 1.29 is 9.18 Å². The predicted molar refractivity (Wildman–Crippen MR) is 52.8 cm³/mol. The molecule has 1 amide bonds. The van der Waals surface area contributed by atoms with Crippen LogP contribution in [-0.2, 0) is 11.3 Å². The van der Waals surface area contributed by atoms with Gasteiger partial charge in [0.15, 0.2) is 0 Å². The van der Waals surface area contributed by atoms with Crippen LogP contribution in [0.3, 0.4) is 0 Å². The summed E-state index contributed by atoms with van der Waals surface area (Å²) in [5.41, 5.74) is 0.401. The lowest BCUT2D eigenvalue weighted by molar-refractivity contribution is -0.116. The quantitative estimate of drug-likeness (QED) is 0.816. The second kappa shape index (κ2) is 4.47. The van der Waals surface area contributed by atoms with Crippen LogP contribution in [0.4, 0.5) is 10.1 Å². The van der Waals surface area contributed by atoms with Gasteiger partial charge in [-0.1, -0.05) is 6.07 Å². The lowest BCUT2D eigenvalue weighted by Crippen LogP contribution is -2.19. The van der Waals surface area contributed by atoms with E-state index in [4.69, 9.17) is 0 Å². The monoisotopic (exact) mass is 221 g/mol. The first-order valence-corrected chi connectivity index (χ1v) is 4.50. The molecule has 0 saturated carbocycles. The Balaban J connectivity index is 1.97. The van der Waals surface area contributed by atoms with E-state index in [-0.39, 0.29) is 12.5 Å². The number of nitrogens with zero attached hydrogens (tertiary/aromatic N) is 4. The van der Waals surface area contributed by atoms with Crippen molar-refractivity contribution >= 4 is 11.6 Å². The van der Waals surface area contributed by atoms with Crippen LogP contribution in [0.5, 0.6) is 0 Å². The second-order valence-corrected chi connectivity index (χ2v) is 3.07. The van der Waals surface area contributed by atoms with Gasteiger partial charge in [0.05, 0.1) is 0 Å². The van der Waals surface area contributed by atoms with Crippen LogP contribution in [0, 0.1) is 5.82 Å². The SMILES string of the molecule is O=C(Cn1cnnn1)Nc1cccc(F)c1. The van der Waals surface area contributed by atoms with Crippen molar-refractivity contribution in [2.75, 3.05) is 5.32 Å². The predicted octanol–water partition coefficient (Wildman–Crippen LogP) is 0.451. The molecule has 0 aliphatic heterocycles. The fraction of sp³-hybridized carbons (Fsp3) is 0.111. The number of nitrogens with one attached hydrogen (secondary N) is 1. The molecule has 1 aromatic heterocycles. The van der Waals surface area contributed by atoms with Gasteiger partial charge in [0, 0.05) is 5.69 Å². The maximum atomic E-state index is 12.8. The highest BCUT2D eigenvalue weighted by Crippen LogP contribution is 2.08. The van der Waals surface area contributed by atoms with Crippen LogP contribution in [-0.4, -0.2) is 26.1 Å². The first-order chi connectivity index (χ1) is 7.74. The number of hydrogen-bond acceptors (Lipinski definition) is 4. The number of carbonyl (C=O) groups is 1. The topological polar surface area (TPSA) is 72.7 Å². The molecule has 82 valence electrons. The fourth-order valence-electron chi connectivity index (χ4n) is 1.17. The molecular formula is C9H8FN5O. The van der Waals surface area contributed by atoms with E-state index in [0.717, 1.165) is 0 Å². The Hall–Kier alpha value is -2.31. The summed E-state index contributed by atoms with van der Waals surface area (Å²) in [5, 5.41) is 12.8. The zero-order valence-corrected chi connectivity index (χ0v) is 8.17. The molecule has 1 aromatic carbocycles. The summed E-state index contributed by atoms with van der Waals surface area (Å²) >= 11 is 0. The van der Waals surface area contributed by atoms with Crippen molar-refractivity contribution in [2.24, 2.45) is 0 Å². The highest BCUT2D eigenvalue weighted by molar-refractivity contribution is 5.90. The first-order valence-electron chi connectivity index (χ1n) is 4.50. The van der Waals surface area contributed by atoms with Gasteiger partial charge in [-0.25, -0.2) is 9.07 Å². The summed E-state index contributed by atoms with van der Waals surface area (Å²) in [7, 11) is 0. The van der Waals surface area contributed by atoms with Crippen LogP contribution in [0.1, 0.15) is 0 Å². The summed E-state index contributed by atoms with van der Waals surface area (Å²) < 4.78 is 14.1. The zero-order valence-electron chi connectivity index (χ0n) is 8.17. The standard InChI is InChI=1S/C9H8FN5O/c10-7-2-1-3-8(4-7)12-9(16)5-15-6-11-13-14-15/h1-4,6H,5H2,(H,12,16). The number of amides is 1. The van der Waals surface area contributed by atoms with Gasteiger partial charge in [-0.15, -0.1) is 5.10 Å². The minimum atomic E-state index is -0.403. The van der Waals surface area contributed by atoms with Gasteiger partial charge >= 0.3 is 0 Å². The van der Waals surface area contributed by atoms with E-state index in [1.54, 1.807) is 6.07 Å². The van der Waals surface area contributed by atoms with Gasteiger partial charge in [-0.3, -0.25) is 4.79 Å². The Kier molecular flexibility index (Phi) is 2.86. The molecule has 6 nitrogen and oxygen atoms in total. The Morgan fingerprint density at radius 1 is 1.50 bits per heavy atom. The number of benzene rings is 1. The number of carbonyl (C=O) groups excluding carboxylic acids is 1. The Labute approximate surface area is 90.1 Å². The Morgan fingerprint density at radius 3 is 3.06 bits per heavy atom. The van der Waals surface area contributed by atoms with Crippen molar-refractivity contribution in [2.45, 2.75) is 6.54 Å². The van der Waals surface area contributed by atoms with Crippen LogP contribution < -0.4 is 5.32 Å². The average molecular weight is 221 g/mol. The van der Waals surface area contributed by atoms with Crippen molar-refractivity contribution in [1.29, 1.82) is 0 Å². The normalized spacial score (nSPS) is 10.1. The molecule has 0 saturated heterocycles. The molecule has 7 heteroatoms. The summed E-state index contributed by atoms with van der Waals surface area (Å²) in [6.07, 6.45) is 1.32. The van der Waals surface area contributed by atoms with Crippen molar-refractivity contribution in [3.05, 3.63) is 36.4 Å². The molecule has 2 rings (SSSR count). The molecular weight excluding hydrogens is 213 g/mol. The maximum absolute atomic E-state index is 12.8. The third-order valence-corrected chi connectivity index (χ3v) is 1.81. The smallest absolute Gasteiger partial charge is 0.246 e. The first kappa shape index (κ1) is 10.2. The van der Waals surface area contributed by atoms with Gasteiger partial charge in [0.25, 0.3) is 0 Å². The number of halogens is 1. The molecule has 2 aromatic rings. The van der Waals surface area contributed by atoms with E-state index in [1.807, 2.05) is 0 Å². The molecule has 0 fully saturated rings. The highest BCUT2D eigenvalue weighted by atomic mass is 19.1. The fourth-order valence-corrected chi connectivity index (χ4v) is 1.17. The van der Waals surface area contributed by atoms with E-state index in [2.05, 4.69) is 20.8 Å².